The molecule has 1 heterocycles. The summed E-state index contributed by atoms with van der Waals surface area (Å²) in [4.78, 5) is 11.8. The van der Waals surface area contributed by atoms with Crippen LogP contribution < -0.4 is 10.2 Å². The number of nitrogens with one attached hydrogen (secondary N) is 1. The van der Waals surface area contributed by atoms with Crippen LogP contribution in [0.4, 0.5) is 13.2 Å². The van der Waals surface area contributed by atoms with E-state index in [1.54, 1.807) is 44.2 Å². The molecule has 1 fully saturated rings. The zero-order valence-corrected chi connectivity index (χ0v) is 15.6. The van der Waals surface area contributed by atoms with Gasteiger partial charge in [0.2, 0.25) is 5.91 Å². The summed E-state index contributed by atoms with van der Waals surface area (Å²) in [5.74, 6) is 0.115. The van der Waals surface area contributed by atoms with Crippen LogP contribution in [-0.2, 0) is 4.79 Å². The Morgan fingerprint density at radius 2 is 2.00 bits per heavy atom. The lowest BCUT2D eigenvalue weighted by Crippen LogP contribution is -2.51. The Morgan fingerprint density at radius 3 is 2.59 bits per heavy atom. The van der Waals surface area contributed by atoms with E-state index < -0.39 is 23.7 Å². The maximum Gasteiger partial charge on any atom is 0.409 e. The van der Waals surface area contributed by atoms with Crippen molar-refractivity contribution in [2.45, 2.75) is 51.4 Å². The SMILES string of the molecule is CCCOc1ccc2cccc([C@H](N3NC(=O)CC3(C)C)C(F)(F)F)c2c1. The molecule has 2 aromatic rings. The molecule has 1 N–H and O–H groups in total. The molecular weight excluding hydrogens is 357 g/mol. The van der Waals surface area contributed by atoms with Crippen molar-refractivity contribution < 1.29 is 22.7 Å². The molecule has 27 heavy (non-hydrogen) atoms. The van der Waals surface area contributed by atoms with Crippen molar-refractivity contribution in [3.8, 4) is 5.75 Å². The first kappa shape index (κ1) is 19.5. The number of hydrogen-bond donors (Lipinski definition) is 1. The highest BCUT2D eigenvalue weighted by molar-refractivity contribution is 5.88. The Morgan fingerprint density at radius 1 is 1.26 bits per heavy atom. The van der Waals surface area contributed by atoms with Gasteiger partial charge in [-0.1, -0.05) is 31.2 Å². The number of carbonyl (C=O) groups is 1. The fourth-order valence-corrected chi connectivity index (χ4v) is 3.50. The summed E-state index contributed by atoms with van der Waals surface area (Å²) in [5.41, 5.74) is 1.54. The molecule has 1 aliphatic heterocycles. The number of rotatable bonds is 5. The van der Waals surface area contributed by atoms with E-state index in [9.17, 15) is 18.0 Å². The van der Waals surface area contributed by atoms with Crippen LogP contribution in [0.3, 0.4) is 0 Å². The van der Waals surface area contributed by atoms with Crippen molar-refractivity contribution in [3.63, 3.8) is 0 Å². The first-order valence-electron chi connectivity index (χ1n) is 8.94. The summed E-state index contributed by atoms with van der Waals surface area (Å²) >= 11 is 0. The summed E-state index contributed by atoms with van der Waals surface area (Å²) in [5, 5.41) is 2.18. The van der Waals surface area contributed by atoms with E-state index in [1.807, 2.05) is 6.92 Å². The van der Waals surface area contributed by atoms with E-state index in [0.717, 1.165) is 11.4 Å². The normalized spacial score (nSPS) is 18.5. The van der Waals surface area contributed by atoms with Crippen LogP contribution in [0.5, 0.6) is 5.75 Å². The Kier molecular flexibility index (Phi) is 5.08. The highest BCUT2D eigenvalue weighted by Crippen LogP contribution is 2.45. The second-order valence-electron chi connectivity index (χ2n) is 7.42. The molecule has 0 unspecified atom stereocenters. The van der Waals surface area contributed by atoms with Crippen LogP contribution in [-0.4, -0.2) is 29.2 Å². The average molecular weight is 380 g/mol. The van der Waals surface area contributed by atoms with E-state index in [1.165, 1.54) is 6.07 Å². The summed E-state index contributed by atoms with van der Waals surface area (Å²) in [6.45, 7) is 5.71. The first-order valence-corrected chi connectivity index (χ1v) is 8.94. The van der Waals surface area contributed by atoms with Gasteiger partial charge in [-0.25, -0.2) is 0 Å². The number of carbonyl (C=O) groups excluding carboxylic acids is 1. The number of alkyl halides is 3. The number of fused-ring (bicyclic) bond motifs is 1. The van der Waals surface area contributed by atoms with Crippen LogP contribution in [0, 0.1) is 0 Å². The Labute approximate surface area is 156 Å². The molecule has 1 aliphatic rings. The molecule has 0 radical (unpaired) electrons. The Balaban J connectivity index is 2.14. The number of halogens is 3. The molecule has 2 aromatic carbocycles. The molecule has 0 saturated carbocycles. The van der Waals surface area contributed by atoms with Crippen LogP contribution >= 0.6 is 0 Å². The molecule has 1 saturated heterocycles. The van der Waals surface area contributed by atoms with Crippen LogP contribution in [0.25, 0.3) is 10.8 Å². The molecular formula is C20H23F3N2O2. The summed E-state index contributed by atoms with van der Waals surface area (Å²) in [7, 11) is 0. The molecule has 1 atom stereocenters. The lowest BCUT2D eigenvalue weighted by atomic mass is 9.93. The topological polar surface area (TPSA) is 41.6 Å². The highest BCUT2D eigenvalue weighted by atomic mass is 19.4. The third kappa shape index (κ3) is 3.88. The van der Waals surface area contributed by atoms with Gasteiger partial charge >= 0.3 is 6.18 Å². The van der Waals surface area contributed by atoms with Gasteiger partial charge in [0.1, 0.15) is 5.75 Å². The zero-order chi connectivity index (χ0) is 19.8. The van der Waals surface area contributed by atoms with E-state index in [-0.39, 0.29) is 12.0 Å². The lowest BCUT2D eigenvalue weighted by Gasteiger charge is -2.38. The second-order valence-corrected chi connectivity index (χ2v) is 7.42. The zero-order valence-electron chi connectivity index (χ0n) is 15.6. The molecule has 3 rings (SSSR count). The minimum Gasteiger partial charge on any atom is -0.494 e. The van der Waals surface area contributed by atoms with Gasteiger partial charge in [0.15, 0.2) is 6.04 Å². The summed E-state index contributed by atoms with van der Waals surface area (Å²) in [6.07, 6.45) is -3.75. The van der Waals surface area contributed by atoms with Crippen LogP contribution in [0.15, 0.2) is 36.4 Å². The average Bonchev–Trinajstić information content (AvgIpc) is 2.84. The second kappa shape index (κ2) is 7.03. The molecule has 1 amide bonds. The number of amides is 1. The third-order valence-electron chi connectivity index (χ3n) is 4.71. The monoisotopic (exact) mass is 380 g/mol. The maximum absolute atomic E-state index is 14.1. The molecule has 4 nitrogen and oxygen atoms in total. The highest BCUT2D eigenvalue weighted by Gasteiger charge is 2.53. The Bertz CT molecular complexity index is 849. The van der Waals surface area contributed by atoms with Crippen LogP contribution in [0.1, 0.15) is 45.2 Å². The molecule has 0 aliphatic carbocycles. The smallest absolute Gasteiger partial charge is 0.409 e. The molecule has 0 bridgehead atoms. The van der Waals surface area contributed by atoms with Gasteiger partial charge in [-0.05, 0) is 48.7 Å². The number of hydrazine groups is 1. The van der Waals surface area contributed by atoms with E-state index in [4.69, 9.17) is 4.74 Å². The van der Waals surface area contributed by atoms with Crippen molar-refractivity contribution in [2.24, 2.45) is 0 Å². The van der Waals surface area contributed by atoms with E-state index in [0.29, 0.717) is 23.1 Å². The van der Waals surface area contributed by atoms with Crippen molar-refractivity contribution >= 4 is 16.7 Å². The standard InChI is InChI=1S/C20H23F3N2O2/c1-4-10-27-14-9-8-13-6-5-7-15(16(13)11-14)18(20(21,22)23)25-19(2,3)12-17(26)24-25/h5-9,11,18H,4,10,12H2,1-3H3,(H,24,26)/t18-/m0/s1. The maximum atomic E-state index is 14.1. The molecule has 7 heteroatoms. The number of nitrogens with zero attached hydrogens (tertiary/aromatic N) is 1. The van der Waals surface area contributed by atoms with Crippen LogP contribution in [0.2, 0.25) is 0 Å². The Hall–Kier alpha value is -2.28. The molecule has 0 spiro atoms. The summed E-state index contributed by atoms with van der Waals surface area (Å²) < 4.78 is 48.0. The van der Waals surface area contributed by atoms with E-state index >= 15 is 0 Å². The fraction of sp³-hybridized carbons (Fsp3) is 0.450. The number of benzene rings is 2. The van der Waals surface area contributed by atoms with Gasteiger partial charge in [-0.3, -0.25) is 10.2 Å². The fourth-order valence-electron chi connectivity index (χ4n) is 3.50. The van der Waals surface area contributed by atoms with Gasteiger partial charge in [-0.2, -0.15) is 18.2 Å². The number of ether oxygens (including phenoxy) is 1. The number of hydrogen-bond acceptors (Lipinski definition) is 3. The molecule has 0 aromatic heterocycles. The van der Waals surface area contributed by atoms with Gasteiger partial charge in [-0.15, -0.1) is 0 Å². The van der Waals surface area contributed by atoms with E-state index in [2.05, 4.69) is 5.43 Å². The van der Waals surface area contributed by atoms with Crippen molar-refractivity contribution in [1.82, 2.24) is 10.4 Å². The van der Waals surface area contributed by atoms with Gasteiger partial charge in [0, 0.05) is 12.0 Å². The summed E-state index contributed by atoms with van der Waals surface area (Å²) in [6, 6.07) is 8.03. The first-order chi connectivity index (χ1) is 12.6. The molecule has 146 valence electrons. The van der Waals surface area contributed by atoms with Crippen molar-refractivity contribution in [3.05, 3.63) is 42.0 Å². The lowest BCUT2D eigenvalue weighted by molar-refractivity contribution is -0.203. The minimum atomic E-state index is -4.57. The third-order valence-corrected chi connectivity index (χ3v) is 4.71. The predicted molar refractivity (Wildman–Crippen MR) is 97.2 cm³/mol. The van der Waals surface area contributed by atoms with Crippen molar-refractivity contribution in [1.29, 1.82) is 0 Å². The largest absolute Gasteiger partial charge is 0.494 e. The van der Waals surface area contributed by atoms with Gasteiger partial charge in [0.25, 0.3) is 0 Å². The van der Waals surface area contributed by atoms with Gasteiger partial charge < -0.3 is 4.74 Å². The van der Waals surface area contributed by atoms with Crippen molar-refractivity contribution in [2.75, 3.05) is 6.61 Å². The van der Waals surface area contributed by atoms with Gasteiger partial charge in [0.05, 0.1) is 6.61 Å². The quantitative estimate of drug-likeness (QED) is 0.814. The minimum absolute atomic E-state index is 0.00913. The predicted octanol–water partition coefficient (Wildman–Crippen LogP) is 4.75.